The van der Waals surface area contributed by atoms with Crippen molar-refractivity contribution in [3.63, 3.8) is 0 Å². The molecule has 36 heavy (non-hydrogen) atoms. The van der Waals surface area contributed by atoms with Gasteiger partial charge >= 0.3 is 5.97 Å². The summed E-state index contributed by atoms with van der Waals surface area (Å²) in [5.41, 5.74) is 2.38. The maximum absolute atomic E-state index is 13.4. The first-order valence-electron chi connectivity index (χ1n) is 12.2. The SMILES string of the molecule is CCc1cc(Br)ccc1NC(=O)COC(=O)[C@@H](Cc1ccccc1)N1C(=O)[C@@H]2[C@H](C1=O)[C@H]1C=C[C@H]2C1. The quantitative estimate of drug-likeness (QED) is 0.305. The summed E-state index contributed by atoms with van der Waals surface area (Å²) in [5, 5.41) is 2.78. The molecular formula is C28H27BrN2O5. The Labute approximate surface area is 218 Å². The largest absolute Gasteiger partial charge is 0.454 e. The highest BCUT2D eigenvalue weighted by molar-refractivity contribution is 9.10. The van der Waals surface area contributed by atoms with E-state index in [1.54, 1.807) is 6.07 Å². The van der Waals surface area contributed by atoms with Gasteiger partial charge in [0.1, 0.15) is 6.04 Å². The van der Waals surface area contributed by atoms with E-state index in [4.69, 9.17) is 4.74 Å². The molecule has 2 bridgehead atoms. The van der Waals surface area contributed by atoms with Crippen LogP contribution in [0.5, 0.6) is 0 Å². The number of nitrogens with zero attached hydrogens (tertiary/aromatic N) is 1. The van der Waals surface area contributed by atoms with Gasteiger partial charge in [-0.05, 0) is 54.0 Å². The second kappa shape index (κ2) is 10.0. The number of nitrogens with one attached hydrogen (secondary N) is 1. The third kappa shape index (κ3) is 4.50. The lowest BCUT2D eigenvalue weighted by atomic mass is 9.85. The van der Waals surface area contributed by atoms with Crippen molar-refractivity contribution >= 4 is 45.3 Å². The number of aryl methyl sites for hydroxylation is 1. The van der Waals surface area contributed by atoms with E-state index in [0.29, 0.717) is 12.1 Å². The lowest BCUT2D eigenvalue weighted by Gasteiger charge is -2.26. The molecule has 8 heteroatoms. The van der Waals surface area contributed by atoms with Gasteiger partial charge in [0.15, 0.2) is 6.61 Å². The minimum atomic E-state index is -1.12. The predicted molar refractivity (Wildman–Crippen MR) is 137 cm³/mol. The molecule has 2 aromatic carbocycles. The van der Waals surface area contributed by atoms with Gasteiger partial charge in [-0.25, -0.2) is 4.79 Å². The van der Waals surface area contributed by atoms with Gasteiger partial charge in [0.2, 0.25) is 11.8 Å². The summed E-state index contributed by atoms with van der Waals surface area (Å²) in [7, 11) is 0. The van der Waals surface area contributed by atoms with Gasteiger partial charge < -0.3 is 10.1 Å². The highest BCUT2D eigenvalue weighted by Gasteiger charge is 2.61. The van der Waals surface area contributed by atoms with Crippen LogP contribution in [0.4, 0.5) is 5.69 Å². The van der Waals surface area contributed by atoms with Gasteiger partial charge in [-0.1, -0.05) is 65.3 Å². The first kappa shape index (κ1) is 24.4. The molecule has 1 saturated carbocycles. The molecule has 2 fully saturated rings. The third-order valence-corrected chi connectivity index (χ3v) is 7.92. The van der Waals surface area contributed by atoms with Crippen LogP contribution in [0.15, 0.2) is 65.2 Å². The molecule has 7 nitrogen and oxygen atoms in total. The molecule has 0 radical (unpaired) electrons. The van der Waals surface area contributed by atoms with Crippen molar-refractivity contribution in [2.24, 2.45) is 23.7 Å². The normalized spacial score (nSPS) is 24.7. The number of rotatable bonds is 8. The summed E-state index contributed by atoms with van der Waals surface area (Å²) in [6, 6.07) is 13.6. The van der Waals surface area contributed by atoms with Crippen LogP contribution >= 0.6 is 15.9 Å². The van der Waals surface area contributed by atoms with Crippen molar-refractivity contribution < 1.29 is 23.9 Å². The maximum atomic E-state index is 13.4. The smallest absolute Gasteiger partial charge is 0.330 e. The zero-order chi connectivity index (χ0) is 25.4. The van der Waals surface area contributed by atoms with E-state index < -0.39 is 36.4 Å². The lowest BCUT2D eigenvalue weighted by Crippen LogP contribution is -2.48. The van der Waals surface area contributed by atoms with Gasteiger partial charge in [-0.2, -0.15) is 0 Å². The Morgan fingerprint density at radius 3 is 2.36 bits per heavy atom. The standard InChI is InChI=1S/C28H27BrN2O5/c1-2-17-14-20(29)10-11-21(17)30-23(32)15-36-28(35)22(12-16-6-4-3-5-7-16)31-26(33)24-18-8-9-19(13-18)25(24)27(31)34/h3-11,14,18-19,22,24-25H,2,12-13,15H2,1H3,(H,30,32)/t18-,19-,22+,24-,25+/m0/s1. The van der Waals surface area contributed by atoms with E-state index in [-0.39, 0.29) is 30.1 Å². The van der Waals surface area contributed by atoms with Crippen molar-refractivity contribution in [3.05, 3.63) is 76.3 Å². The number of hydrogen-bond acceptors (Lipinski definition) is 5. The number of carbonyl (C=O) groups is 4. The molecule has 0 aromatic heterocycles. The number of imide groups is 1. The third-order valence-electron chi connectivity index (χ3n) is 7.43. The first-order chi connectivity index (χ1) is 17.4. The van der Waals surface area contributed by atoms with Gasteiger partial charge in [-0.3, -0.25) is 19.3 Å². The monoisotopic (exact) mass is 550 g/mol. The van der Waals surface area contributed by atoms with Crippen LogP contribution in [0.25, 0.3) is 0 Å². The Hall–Kier alpha value is -3.26. The molecule has 5 atom stereocenters. The fourth-order valence-electron chi connectivity index (χ4n) is 5.75. The van der Waals surface area contributed by atoms with Crippen molar-refractivity contribution in [1.29, 1.82) is 0 Å². The highest BCUT2D eigenvalue weighted by atomic mass is 79.9. The van der Waals surface area contributed by atoms with Gasteiger partial charge in [0.05, 0.1) is 11.8 Å². The van der Waals surface area contributed by atoms with E-state index in [1.165, 1.54) is 0 Å². The molecule has 0 spiro atoms. The summed E-state index contributed by atoms with van der Waals surface area (Å²) in [5.74, 6) is -2.62. The highest BCUT2D eigenvalue weighted by Crippen LogP contribution is 2.53. The topological polar surface area (TPSA) is 92.8 Å². The summed E-state index contributed by atoms with van der Waals surface area (Å²) < 4.78 is 6.29. The zero-order valence-electron chi connectivity index (χ0n) is 19.9. The molecular weight excluding hydrogens is 524 g/mol. The van der Waals surface area contributed by atoms with Gasteiger partial charge in [0, 0.05) is 16.6 Å². The second-order valence-electron chi connectivity index (χ2n) is 9.56. The average Bonchev–Trinajstić information content (AvgIpc) is 3.56. The molecule has 1 saturated heterocycles. The molecule has 1 aliphatic heterocycles. The fourth-order valence-corrected chi connectivity index (χ4v) is 6.15. The number of ether oxygens (including phenoxy) is 1. The van der Waals surface area contributed by atoms with Crippen LogP contribution in [-0.2, 0) is 36.8 Å². The minimum absolute atomic E-state index is 0.0410. The maximum Gasteiger partial charge on any atom is 0.330 e. The number of esters is 1. The van der Waals surface area contributed by atoms with E-state index in [1.807, 2.05) is 61.5 Å². The Morgan fingerprint density at radius 2 is 1.72 bits per heavy atom. The number of anilines is 1. The number of benzene rings is 2. The van der Waals surface area contributed by atoms with Crippen molar-refractivity contribution in [2.45, 2.75) is 32.2 Å². The first-order valence-corrected chi connectivity index (χ1v) is 13.0. The molecule has 1 N–H and O–H groups in total. The van der Waals surface area contributed by atoms with E-state index >= 15 is 0 Å². The Morgan fingerprint density at radius 1 is 1.06 bits per heavy atom. The van der Waals surface area contributed by atoms with E-state index in [0.717, 1.165) is 26.9 Å². The molecule has 5 rings (SSSR count). The van der Waals surface area contributed by atoms with Gasteiger partial charge in [0.25, 0.3) is 5.91 Å². The summed E-state index contributed by atoms with van der Waals surface area (Å²) in [6.45, 7) is 1.46. The Kier molecular flexibility index (Phi) is 6.79. The molecule has 0 unspecified atom stereocenters. The number of amides is 3. The van der Waals surface area contributed by atoms with E-state index in [9.17, 15) is 19.2 Å². The number of likely N-dealkylation sites (tertiary alicyclic amines) is 1. The van der Waals surface area contributed by atoms with Crippen LogP contribution in [0.1, 0.15) is 24.5 Å². The lowest BCUT2D eigenvalue weighted by molar-refractivity contribution is -0.160. The van der Waals surface area contributed by atoms with Crippen molar-refractivity contribution in [2.75, 3.05) is 11.9 Å². The van der Waals surface area contributed by atoms with Crippen LogP contribution in [0, 0.1) is 23.7 Å². The molecule has 1 heterocycles. The number of hydrogen-bond donors (Lipinski definition) is 1. The molecule has 3 aliphatic rings. The van der Waals surface area contributed by atoms with Gasteiger partial charge in [-0.15, -0.1) is 0 Å². The minimum Gasteiger partial charge on any atom is -0.454 e. The molecule has 3 amide bonds. The van der Waals surface area contributed by atoms with Crippen LogP contribution < -0.4 is 5.32 Å². The van der Waals surface area contributed by atoms with Crippen molar-refractivity contribution in [3.8, 4) is 0 Å². The zero-order valence-corrected chi connectivity index (χ0v) is 21.4. The fraction of sp³-hybridized carbons (Fsp3) is 0.357. The average molecular weight is 551 g/mol. The number of allylic oxidation sites excluding steroid dienone is 2. The van der Waals surface area contributed by atoms with E-state index in [2.05, 4.69) is 21.2 Å². The summed E-state index contributed by atoms with van der Waals surface area (Å²) in [6.07, 6.45) is 5.69. The molecule has 2 aliphatic carbocycles. The second-order valence-corrected chi connectivity index (χ2v) is 10.5. The van der Waals surface area contributed by atoms with Crippen LogP contribution in [-0.4, -0.2) is 41.2 Å². The van der Waals surface area contributed by atoms with Crippen LogP contribution in [0.3, 0.4) is 0 Å². The van der Waals surface area contributed by atoms with Crippen LogP contribution in [0.2, 0.25) is 0 Å². The Bertz CT molecular complexity index is 1210. The van der Waals surface area contributed by atoms with Crippen molar-refractivity contribution in [1.82, 2.24) is 4.90 Å². The summed E-state index contributed by atoms with van der Waals surface area (Å²) >= 11 is 3.42. The number of halogens is 1. The predicted octanol–water partition coefficient (Wildman–Crippen LogP) is 3.91. The number of fused-ring (bicyclic) bond motifs is 5. The Balaban J connectivity index is 1.31. The molecule has 2 aromatic rings. The molecule has 186 valence electrons. The number of carbonyl (C=O) groups excluding carboxylic acids is 4. The summed E-state index contributed by atoms with van der Waals surface area (Å²) in [4.78, 5) is 53.7.